The number of fused-ring (bicyclic) bond motifs is 2. The van der Waals surface area contributed by atoms with Gasteiger partial charge in [-0.15, -0.1) is 0 Å². The highest BCUT2D eigenvalue weighted by Gasteiger charge is 2.47. The molecule has 24 heavy (non-hydrogen) atoms. The molecule has 3 fully saturated rings. The highest BCUT2D eigenvalue weighted by atomic mass is 16.5. The number of rotatable bonds is 9. The lowest BCUT2D eigenvalue weighted by Crippen LogP contribution is -2.29. The van der Waals surface area contributed by atoms with Gasteiger partial charge >= 0.3 is 0 Å². The molecule has 0 aromatic rings. The molecule has 3 rings (SSSR count). The molecular weight excluding hydrogens is 300 g/mol. The van der Waals surface area contributed by atoms with E-state index in [-0.39, 0.29) is 6.10 Å². The predicted molar refractivity (Wildman–Crippen MR) is 95.7 cm³/mol. The molecule has 2 bridgehead atoms. The number of carbonyl (C=O) groups is 1. The summed E-state index contributed by atoms with van der Waals surface area (Å²) in [6, 6.07) is 0. The van der Waals surface area contributed by atoms with Gasteiger partial charge in [-0.2, -0.15) is 0 Å². The van der Waals surface area contributed by atoms with Crippen molar-refractivity contribution in [2.75, 3.05) is 0 Å². The monoisotopic (exact) mass is 334 g/mol. The molecule has 0 aromatic heterocycles. The summed E-state index contributed by atoms with van der Waals surface area (Å²) in [5.74, 6) is 2.05. The second kappa shape index (κ2) is 8.62. The number of hydrogen-bond donors (Lipinski definition) is 1. The Morgan fingerprint density at radius 3 is 2.54 bits per heavy atom. The van der Waals surface area contributed by atoms with E-state index in [0.717, 1.165) is 19.3 Å². The molecule has 2 aliphatic heterocycles. The molecule has 3 heteroatoms. The lowest BCUT2D eigenvalue weighted by molar-refractivity contribution is -0.117. The van der Waals surface area contributed by atoms with Crippen LogP contribution in [0.3, 0.4) is 0 Å². The summed E-state index contributed by atoms with van der Waals surface area (Å²) in [6.07, 6.45) is 16.6. The van der Waals surface area contributed by atoms with E-state index >= 15 is 0 Å². The van der Waals surface area contributed by atoms with Crippen molar-refractivity contribution in [3.05, 3.63) is 12.2 Å². The molecular formula is C21H34O3. The zero-order chi connectivity index (χ0) is 16.9. The lowest BCUT2D eigenvalue weighted by atomic mass is 9.74. The number of aliphatic hydroxyl groups is 1. The fraction of sp³-hybridized carbons (Fsp3) is 0.857. The average Bonchev–Trinajstić information content (AvgIpc) is 3.33. The van der Waals surface area contributed by atoms with Gasteiger partial charge in [-0.25, -0.2) is 0 Å². The molecule has 3 aliphatic rings. The van der Waals surface area contributed by atoms with Crippen molar-refractivity contribution in [2.45, 2.75) is 95.9 Å². The SMILES string of the molecule is CCC(=O)CC=CC[C@@H]1[C@H](CCC(O)C2CCCC2)[C@@H]2CC[C@H]1O2. The van der Waals surface area contributed by atoms with Crippen LogP contribution in [0, 0.1) is 17.8 Å². The smallest absolute Gasteiger partial charge is 0.136 e. The lowest BCUT2D eigenvalue weighted by Gasteiger charge is -2.29. The Kier molecular flexibility index (Phi) is 6.51. The van der Waals surface area contributed by atoms with Gasteiger partial charge in [-0.05, 0) is 62.7 Å². The molecule has 136 valence electrons. The highest BCUT2D eigenvalue weighted by molar-refractivity contribution is 5.79. The van der Waals surface area contributed by atoms with Crippen LogP contribution in [0.2, 0.25) is 0 Å². The molecule has 0 aromatic carbocycles. The molecule has 1 N–H and O–H groups in total. The number of aliphatic hydroxyl groups excluding tert-OH is 1. The quantitative estimate of drug-likeness (QED) is 0.635. The van der Waals surface area contributed by atoms with Crippen molar-refractivity contribution >= 4 is 5.78 Å². The van der Waals surface area contributed by atoms with Crippen molar-refractivity contribution in [3.63, 3.8) is 0 Å². The first-order chi connectivity index (χ1) is 11.7. The van der Waals surface area contributed by atoms with Gasteiger partial charge in [0.1, 0.15) is 5.78 Å². The molecule has 0 radical (unpaired) electrons. The summed E-state index contributed by atoms with van der Waals surface area (Å²) in [4.78, 5) is 11.4. The van der Waals surface area contributed by atoms with Gasteiger partial charge in [0.05, 0.1) is 18.3 Å². The number of ketones is 1. The second-order valence-corrected chi connectivity index (χ2v) is 8.11. The van der Waals surface area contributed by atoms with Crippen molar-refractivity contribution in [2.24, 2.45) is 17.8 Å². The maximum Gasteiger partial charge on any atom is 0.136 e. The second-order valence-electron chi connectivity index (χ2n) is 8.11. The zero-order valence-corrected chi connectivity index (χ0v) is 15.2. The average molecular weight is 335 g/mol. The Morgan fingerprint density at radius 1 is 1.12 bits per heavy atom. The van der Waals surface area contributed by atoms with Gasteiger partial charge in [0, 0.05) is 12.8 Å². The molecule has 1 saturated carbocycles. The number of carbonyl (C=O) groups excluding carboxylic acids is 1. The Hall–Kier alpha value is -0.670. The van der Waals surface area contributed by atoms with Gasteiger partial charge < -0.3 is 9.84 Å². The Morgan fingerprint density at radius 2 is 1.83 bits per heavy atom. The zero-order valence-electron chi connectivity index (χ0n) is 15.2. The van der Waals surface area contributed by atoms with E-state index in [0.29, 0.717) is 48.6 Å². The summed E-state index contributed by atoms with van der Waals surface area (Å²) >= 11 is 0. The summed E-state index contributed by atoms with van der Waals surface area (Å²) in [6.45, 7) is 1.92. The van der Waals surface area contributed by atoms with Crippen LogP contribution in [0.1, 0.15) is 77.6 Å². The first kappa shape index (κ1) is 18.1. The van der Waals surface area contributed by atoms with Crippen molar-refractivity contribution in [1.29, 1.82) is 0 Å². The molecule has 3 nitrogen and oxygen atoms in total. The summed E-state index contributed by atoms with van der Waals surface area (Å²) in [5.41, 5.74) is 0. The summed E-state index contributed by atoms with van der Waals surface area (Å²) < 4.78 is 6.17. The van der Waals surface area contributed by atoms with Gasteiger partial charge in [0.2, 0.25) is 0 Å². The Bertz CT molecular complexity index is 438. The van der Waals surface area contributed by atoms with Crippen molar-refractivity contribution in [1.82, 2.24) is 0 Å². The summed E-state index contributed by atoms with van der Waals surface area (Å²) in [5, 5.41) is 10.5. The minimum absolute atomic E-state index is 0.106. The molecule has 2 heterocycles. The van der Waals surface area contributed by atoms with Crippen LogP contribution in [0.4, 0.5) is 0 Å². The van der Waals surface area contributed by atoms with Crippen LogP contribution in [-0.2, 0) is 9.53 Å². The number of ether oxygens (including phenoxy) is 1. The van der Waals surface area contributed by atoms with Crippen LogP contribution in [0.25, 0.3) is 0 Å². The minimum atomic E-state index is -0.106. The Balaban J connectivity index is 1.48. The highest BCUT2D eigenvalue weighted by Crippen LogP contribution is 2.47. The maximum absolute atomic E-state index is 11.4. The minimum Gasteiger partial charge on any atom is -0.393 e. The van der Waals surface area contributed by atoms with Gasteiger partial charge in [-0.3, -0.25) is 4.79 Å². The van der Waals surface area contributed by atoms with Gasteiger partial charge in [0.25, 0.3) is 0 Å². The molecule has 2 saturated heterocycles. The van der Waals surface area contributed by atoms with Crippen LogP contribution >= 0.6 is 0 Å². The van der Waals surface area contributed by atoms with Crippen LogP contribution in [0.5, 0.6) is 0 Å². The van der Waals surface area contributed by atoms with E-state index in [9.17, 15) is 9.90 Å². The van der Waals surface area contributed by atoms with Gasteiger partial charge in [-0.1, -0.05) is 31.9 Å². The Labute approximate surface area is 146 Å². The van der Waals surface area contributed by atoms with Gasteiger partial charge in [0.15, 0.2) is 0 Å². The predicted octanol–water partition coefficient (Wildman–Crippen LogP) is 4.43. The topological polar surface area (TPSA) is 46.5 Å². The van der Waals surface area contributed by atoms with Crippen molar-refractivity contribution in [3.8, 4) is 0 Å². The third-order valence-corrected chi connectivity index (χ3v) is 6.64. The summed E-state index contributed by atoms with van der Waals surface area (Å²) in [7, 11) is 0. The number of hydrogen-bond acceptors (Lipinski definition) is 3. The third kappa shape index (κ3) is 4.29. The number of Topliss-reactive ketones (excluding diaryl/α,β-unsaturated/α-hetero) is 1. The van der Waals surface area contributed by atoms with E-state index in [1.54, 1.807) is 0 Å². The molecule has 0 amide bonds. The van der Waals surface area contributed by atoms with E-state index in [1.807, 2.05) is 13.0 Å². The van der Waals surface area contributed by atoms with E-state index in [2.05, 4.69) is 6.08 Å². The normalized spacial score (nSPS) is 34.4. The molecule has 1 aliphatic carbocycles. The van der Waals surface area contributed by atoms with E-state index < -0.39 is 0 Å². The van der Waals surface area contributed by atoms with Crippen LogP contribution < -0.4 is 0 Å². The number of allylic oxidation sites excluding steroid dienone is 2. The molecule has 1 unspecified atom stereocenters. The van der Waals surface area contributed by atoms with E-state index in [4.69, 9.17) is 4.74 Å². The third-order valence-electron chi connectivity index (χ3n) is 6.64. The van der Waals surface area contributed by atoms with Crippen LogP contribution in [-0.4, -0.2) is 29.2 Å². The van der Waals surface area contributed by atoms with E-state index in [1.165, 1.54) is 38.5 Å². The fourth-order valence-electron chi connectivity index (χ4n) is 5.15. The molecule has 5 atom stereocenters. The van der Waals surface area contributed by atoms with Crippen molar-refractivity contribution < 1.29 is 14.6 Å². The van der Waals surface area contributed by atoms with Crippen LogP contribution in [0.15, 0.2) is 12.2 Å². The largest absolute Gasteiger partial charge is 0.393 e. The fourth-order valence-corrected chi connectivity index (χ4v) is 5.15. The standard InChI is InChI=1S/C21H34O3/c1-2-16(22)9-5-6-10-17-18(21-14-13-20(17)24-21)11-12-19(23)15-7-3-4-8-15/h5-6,15,17-21,23H,2-4,7-14H2,1H3/t17-,18+,19?,20-,21+/m1/s1. The first-order valence-electron chi connectivity index (χ1n) is 10.2. The first-order valence-corrected chi connectivity index (χ1v) is 10.2. The molecule has 0 spiro atoms. The maximum atomic E-state index is 11.4.